The highest BCUT2D eigenvalue weighted by atomic mass is 35.5. The lowest BCUT2D eigenvalue weighted by Gasteiger charge is -2.41. The standard InChI is InChI=1S/C24H28ClN5O.ClH/c1-15(2)21(26)24(31)29-12-13-30(16(3)14-29)23-20-7-5-4-6-19(20)22(27-28-23)17-8-10-18(25)11-9-17;/h4-11,15-16,21H,12-14,26H2,1-3H3;1H. The molecule has 32 heavy (non-hydrogen) atoms. The van der Waals surface area contributed by atoms with Gasteiger partial charge in [0.1, 0.15) is 5.69 Å². The average Bonchev–Trinajstić information content (AvgIpc) is 2.78. The molecule has 1 saturated heterocycles. The Labute approximate surface area is 200 Å². The Balaban J connectivity index is 0.00000289. The van der Waals surface area contributed by atoms with Gasteiger partial charge in [0.05, 0.1) is 6.04 Å². The maximum absolute atomic E-state index is 12.7. The normalized spacial score (nSPS) is 17.4. The Morgan fingerprint density at radius 1 is 1.06 bits per heavy atom. The van der Waals surface area contributed by atoms with Crippen molar-refractivity contribution in [3.63, 3.8) is 0 Å². The number of aromatic nitrogens is 2. The Morgan fingerprint density at radius 2 is 1.72 bits per heavy atom. The second-order valence-electron chi connectivity index (χ2n) is 8.52. The van der Waals surface area contributed by atoms with Gasteiger partial charge in [0.2, 0.25) is 5.91 Å². The molecule has 2 aromatic carbocycles. The zero-order valence-electron chi connectivity index (χ0n) is 18.5. The van der Waals surface area contributed by atoms with E-state index < -0.39 is 6.04 Å². The number of halogens is 2. The number of piperazine rings is 1. The third kappa shape index (κ3) is 4.68. The molecule has 8 heteroatoms. The fourth-order valence-electron chi connectivity index (χ4n) is 4.09. The van der Waals surface area contributed by atoms with Crippen LogP contribution >= 0.6 is 24.0 Å². The molecular formula is C24H29Cl2N5O. The number of anilines is 1. The van der Waals surface area contributed by atoms with Crippen LogP contribution in [0.2, 0.25) is 5.02 Å². The van der Waals surface area contributed by atoms with Gasteiger partial charge in [0.25, 0.3) is 0 Å². The summed E-state index contributed by atoms with van der Waals surface area (Å²) in [4.78, 5) is 16.8. The molecule has 1 aromatic heterocycles. The number of hydrogen-bond donors (Lipinski definition) is 1. The third-order valence-electron chi connectivity index (χ3n) is 6.00. The van der Waals surface area contributed by atoms with Gasteiger partial charge in [-0.05, 0) is 25.0 Å². The van der Waals surface area contributed by atoms with E-state index in [0.29, 0.717) is 24.7 Å². The molecule has 0 radical (unpaired) electrons. The van der Waals surface area contributed by atoms with Crippen molar-refractivity contribution in [3.05, 3.63) is 53.6 Å². The summed E-state index contributed by atoms with van der Waals surface area (Å²) in [6.07, 6.45) is 0. The summed E-state index contributed by atoms with van der Waals surface area (Å²) in [7, 11) is 0. The minimum absolute atomic E-state index is 0. The molecule has 3 aromatic rings. The maximum atomic E-state index is 12.7. The van der Waals surface area contributed by atoms with Gasteiger partial charge in [0.15, 0.2) is 5.82 Å². The average molecular weight is 474 g/mol. The van der Waals surface area contributed by atoms with E-state index in [1.54, 1.807) is 0 Å². The minimum atomic E-state index is -0.460. The molecular weight excluding hydrogens is 445 g/mol. The van der Waals surface area contributed by atoms with Crippen molar-refractivity contribution in [1.29, 1.82) is 0 Å². The molecule has 1 aliphatic rings. The topological polar surface area (TPSA) is 75.4 Å². The van der Waals surface area contributed by atoms with E-state index in [1.165, 1.54) is 0 Å². The second kappa shape index (κ2) is 10.0. The number of rotatable bonds is 4. The van der Waals surface area contributed by atoms with Gasteiger partial charge < -0.3 is 15.5 Å². The molecule has 2 atom stereocenters. The molecule has 2 heterocycles. The van der Waals surface area contributed by atoms with E-state index >= 15 is 0 Å². The highest BCUT2D eigenvalue weighted by Gasteiger charge is 2.32. The van der Waals surface area contributed by atoms with Crippen molar-refractivity contribution >= 4 is 46.5 Å². The van der Waals surface area contributed by atoms with Crippen molar-refractivity contribution < 1.29 is 4.79 Å². The lowest BCUT2D eigenvalue weighted by atomic mass is 10.0. The molecule has 0 bridgehead atoms. The fraction of sp³-hybridized carbons (Fsp3) is 0.375. The van der Waals surface area contributed by atoms with E-state index in [-0.39, 0.29) is 30.3 Å². The molecule has 1 aliphatic heterocycles. The summed E-state index contributed by atoms with van der Waals surface area (Å²) in [5.41, 5.74) is 7.91. The molecule has 170 valence electrons. The minimum Gasteiger partial charge on any atom is -0.348 e. The van der Waals surface area contributed by atoms with Crippen LogP contribution in [0, 0.1) is 5.92 Å². The predicted octanol–water partition coefficient (Wildman–Crippen LogP) is 4.39. The monoisotopic (exact) mass is 473 g/mol. The summed E-state index contributed by atoms with van der Waals surface area (Å²) in [5.74, 6) is 0.993. The molecule has 2 unspecified atom stereocenters. The number of carbonyl (C=O) groups excluding carboxylic acids is 1. The van der Waals surface area contributed by atoms with Crippen LogP contribution in [0.25, 0.3) is 22.0 Å². The Morgan fingerprint density at radius 3 is 2.34 bits per heavy atom. The zero-order chi connectivity index (χ0) is 22.1. The predicted molar refractivity (Wildman–Crippen MR) is 133 cm³/mol. The fourth-order valence-corrected chi connectivity index (χ4v) is 4.22. The third-order valence-corrected chi connectivity index (χ3v) is 6.25. The summed E-state index contributed by atoms with van der Waals surface area (Å²) in [5, 5.41) is 12.0. The SMILES string of the molecule is CC(C)C(N)C(=O)N1CCN(c2nnc(-c3ccc(Cl)cc3)c3ccccc23)C(C)C1.Cl. The van der Waals surface area contributed by atoms with E-state index in [9.17, 15) is 4.79 Å². The molecule has 4 rings (SSSR count). The first-order chi connectivity index (χ1) is 14.9. The summed E-state index contributed by atoms with van der Waals surface area (Å²) in [6.45, 7) is 8.01. The van der Waals surface area contributed by atoms with Crippen molar-refractivity contribution in [2.45, 2.75) is 32.9 Å². The Bertz CT molecular complexity index is 1090. The molecule has 1 fully saturated rings. The molecule has 1 amide bonds. The van der Waals surface area contributed by atoms with Crippen molar-refractivity contribution in [3.8, 4) is 11.3 Å². The van der Waals surface area contributed by atoms with Crippen LogP contribution in [-0.4, -0.2) is 52.7 Å². The largest absolute Gasteiger partial charge is 0.348 e. The number of carbonyl (C=O) groups is 1. The highest BCUT2D eigenvalue weighted by Crippen LogP contribution is 2.33. The van der Waals surface area contributed by atoms with Crippen LogP contribution in [0.1, 0.15) is 20.8 Å². The molecule has 2 N–H and O–H groups in total. The first kappa shape index (κ1) is 24.2. The Kier molecular flexibility index (Phi) is 7.59. The lowest BCUT2D eigenvalue weighted by Crippen LogP contribution is -2.57. The van der Waals surface area contributed by atoms with Crippen LogP contribution in [0.15, 0.2) is 48.5 Å². The smallest absolute Gasteiger partial charge is 0.239 e. The van der Waals surface area contributed by atoms with E-state index in [4.69, 9.17) is 17.3 Å². The molecule has 0 saturated carbocycles. The first-order valence-corrected chi connectivity index (χ1v) is 11.1. The number of hydrogen-bond acceptors (Lipinski definition) is 5. The second-order valence-corrected chi connectivity index (χ2v) is 8.96. The molecule has 0 aliphatic carbocycles. The van der Waals surface area contributed by atoms with Crippen LogP contribution in [0.3, 0.4) is 0 Å². The van der Waals surface area contributed by atoms with Gasteiger partial charge in [-0.2, -0.15) is 0 Å². The van der Waals surface area contributed by atoms with Crippen molar-refractivity contribution in [1.82, 2.24) is 15.1 Å². The van der Waals surface area contributed by atoms with Gasteiger partial charge in [-0.1, -0.05) is 61.8 Å². The highest BCUT2D eigenvalue weighted by molar-refractivity contribution is 6.30. The number of nitrogens with zero attached hydrogens (tertiary/aromatic N) is 4. The summed E-state index contributed by atoms with van der Waals surface area (Å²) >= 11 is 6.05. The van der Waals surface area contributed by atoms with Gasteiger partial charge in [-0.15, -0.1) is 22.6 Å². The van der Waals surface area contributed by atoms with Crippen molar-refractivity contribution in [2.24, 2.45) is 11.7 Å². The zero-order valence-corrected chi connectivity index (χ0v) is 20.1. The number of nitrogens with two attached hydrogens (primary N) is 1. The molecule has 6 nitrogen and oxygen atoms in total. The van der Waals surface area contributed by atoms with E-state index in [1.807, 2.05) is 55.1 Å². The van der Waals surface area contributed by atoms with Crippen LogP contribution in [0.5, 0.6) is 0 Å². The summed E-state index contributed by atoms with van der Waals surface area (Å²) in [6, 6.07) is 15.5. The van der Waals surface area contributed by atoms with Gasteiger partial charge in [-0.3, -0.25) is 4.79 Å². The maximum Gasteiger partial charge on any atom is 0.239 e. The quantitative estimate of drug-likeness (QED) is 0.607. The van der Waals surface area contributed by atoms with E-state index in [2.05, 4.69) is 34.2 Å². The lowest BCUT2D eigenvalue weighted by molar-refractivity contribution is -0.134. The van der Waals surface area contributed by atoms with Gasteiger partial charge >= 0.3 is 0 Å². The van der Waals surface area contributed by atoms with Crippen LogP contribution < -0.4 is 10.6 Å². The number of fused-ring (bicyclic) bond motifs is 1. The van der Waals surface area contributed by atoms with Crippen LogP contribution in [0.4, 0.5) is 5.82 Å². The summed E-state index contributed by atoms with van der Waals surface area (Å²) < 4.78 is 0. The van der Waals surface area contributed by atoms with Crippen LogP contribution in [-0.2, 0) is 4.79 Å². The molecule has 0 spiro atoms. The number of amides is 1. The van der Waals surface area contributed by atoms with Crippen molar-refractivity contribution in [2.75, 3.05) is 24.5 Å². The van der Waals surface area contributed by atoms with E-state index in [0.717, 1.165) is 27.8 Å². The first-order valence-electron chi connectivity index (χ1n) is 10.7. The number of benzene rings is 2. The Hall–Kier alpha value is -2.41. The van der Waals surface area contributed by atoms with Gasteiger partial charge in [-0.25, -0.2) is 0 Å². The van der Waals surface area contributed by atoms with Gasteiger partial charge in [0, 0.05) is 47.0 Å².